The topological polar surface area (TPSA) is 71.0 Å². The first-order valence-electron chi connectivity index (χ1n) is 8.56. The Morgan fingerprint density at radius 2 is 2.12 bits per heavy atom. The second-order valence-electron chi connectivity index (χ2n) is 7.04. The minimum atomic E-state index is -0.0518. The molecule has 1 N–H and O–H groups in total. The predicted octanol–water partition coefficient (Wildman–Crippen LogP) is 1.77. The third-order valence-electron chi connectivity index (χ3n) is 5.29. The second kappa shape index (κ2) is 5.64. The van der Waals surface area contributed by atoms with Crippen LogP contribution in [0.2, 0.25) is 0 Å². The molecule has 0 saturated carbocycles. The van der Waals surface area contributed by atoms with Gasteiger partial charge in [-0.2, -0.15) is 0 Å². The summed E-state index contributed by atoms with van der Waals surface area (Å²) in [6, 6.07) is 7.47. The lowest BCUT2D eigenvalue weighted by molar-refractivity contribution is 0.112. The summed E-state index contributed by atoms with van der Waals surface area (Å²) in [6.45, 7) is 3.26. The van der Waals surface area contributed by atoms with E-state index in [4.69, 9.17) is 0 Å². The molecule has 2 aliphatic rings. The summed E-state index contributed by atoms with van der Waals surface area (Å²) in [5.41, 5.74) is 1.97. The van der Waals surface area contributed by atoms with Gasteiger partial charge in [-0.1, -0.05) is 6.07 Å². The molecule has 2 bridgehead atoms. The first-order chi connectivity index (χ1) is 12.2. The zero-order valence-electron chi connectivity index (χ0n) is 13.6. The number of nitrogens with zero attached hydrogens (tertiary/aromatic N) is 3. The van der Waals surface area contributed by atoms with E-state index in [1.54, 1.807) is 6.07 Å². The molecule has 25 heavy (non-hydrogen) atoms. The standard InChI is InChI=1S/C18H18N4O2S/c23-16-3-1-2-14-12-6-11(8-22(14)16)7-21(9-12)10-15-19-13-4-5-25-17(13)18(24)20-15/h1-5,11-12H,6-10H2,(H,19,20,24)/t11-,12+/m0/s1. The molecule has 0 aliphatic carbocycles. The van der Waals surface area contributed by atoms with E-state index in [1.165, 1.54) is 11.3 Å². The van der Waals surface area contributed by atoms with Crippen LogP contribution in [0.1, 0.15) is 23.9 Å². The SMILES string of the molecule is O=c1[nH]c(CN2C[C@@H]3C[C@H](C2)c2cccc(=O)n2C3)nc2ccsc12. The molecule has 0 spiro atoms. The maximum Gasteiger partial charge on any atom is 0.268 e. The van der Waals surface area contributed by atoms with Gasteiger partial charge in [0, 0.05) is 37.3 Å². The molecule has 0 unspecified atom stereocenters. The summed E-state index contributed by atoms with van der Waals surface area (Å²) in [5, 5.41) is 1.90. The number of aromatic amines is 1. The fraction of sp³-hybridized carbons (Fsp3) is 0.389. The van der Waals surface area contributed by atoms with Crippen molar-refractivity contribution >= 4 is 21.6 Å². The molecule has 0 amide bonds. The zero-order valence-corrected chi connectivity index (χ0v) is 14.5. The van der Waals surface area contributed by atoms with Crippen molar-refractivity contribution in [1.82, 2.24) is 19.4 Å². The molecule has 3 aromatic rings. The number of hydrogen-bond acceptors (Lipinski definition) is 5. The summed E-state index contributed by atoms with van der Waals surface area (Å²) >= 11 is 1.42. The van der Waals surface area contributed by atoms with Crippen LogP contribution in [0, 0.1) is 5.92 Å². The van der Waals surface area contributed by atoms with Gasteiger partial charge in [0.15, 0.2) is 0 Å². The number of rotatable bonds is 2. The van der Waals surface area contributed by atoms with E-state index < -0.39 is 0 Å². The Hall–Kier alpha value is -2.25. The Morgan fingerprint density at radius 3 is 3.04 bits per heavy atom. The van der Waals surface area contributed by atoms with Crippen LogP contribution in [0.25, 0.3) is 10.2 Å². The van der Waals surface area contributed by atoms with E-state index in [-0.39, 0.29) is 11.1 Å². The van der Waals surface area contributed by atoms with Gasteiger partial charge in [0.2, 0.25) is 0 Å². The van der Waals surface area contributed by atoms with Crippen molar-refractivity contribution in [3.05, 3.63) is 61.9 Å². The third kappa shape index (κ3) is 2.54. The maximum atomic E-state index is 12.2. The van der Waals surface area contributed by atoms with E-state index in [2.05, 4.69) is 20.9 Å². The number of thiophene rings is 1. The maximum absolute atomic E-state index is 12.2. The van der Waals surface area contributed by atoms with E-state index in [9.17, 15) is 9.59 Å². The Balaban J connectivity index is 1.43. The molecule has 0 aromatic carbocycles. The molecule has 2 aliphatic heterocycles. The lowest BCUT2D eigenvalue weighted by Crippen LogP contribution is -2.46. The smallest absolute Gasteiger partial charge is 0.268 e. The van der Waals surface area contributed by atoms with Crippen molar-refractivity contribution in [2.45, 2.75) is 25.4 Å². The van der Waals surface area contributed by atoms with Gasteiger partial charge in [0.25, 0.3) is 11.1 Å². The van der Waals surface area contributed by atoms with Crippen LogP contribution >= 0.6 is 11.3 Å². The van der Waals surface area contributed by atoms with Crippen LogP contribution in [-0.4, -0.2) is 32.5 Å². The number of nitrogens with one attached hydrogen (secondary N) is 1. The fourth-order valence-corrected chi connectivity index (χ4v) is 5.06. The van der Waals surface area contributed by atoms with Crippen LogP contribution < -0.4 is 11.1 Å². The highest BCUT2D eigenvalue weighted by Crippen LogP contribution is 2.35. The molecular weight excluding hydrogens is 336 g/mol. The molecule has 0 radical (unpaired) electrons. The van der Waals surface area contributed by atoms with Crippen LogP contribution in [0.15, 0.2) is 39.2 Å². The molecule has 3 aromatic heterocycles. The number of piperidine rings is 1. The van der Waals surface area contributed by atoms with Gasteiger partial charge in [0.05, 0.1) is 12.1 Å². The Labute approximate surface area is 147 Å². The zero-order chi connectivity index (χ0) is 17.0. The largest absolute Gasteiger partial charge is 0.312 e. The molecule has 5 heterocycles. The average Bonchev–Trinajstić information content (AvgIpc) is 3.05. The molecular formula is C18H18N4O2S. The molecule has 1 fully saturated rings. The number of pyridine rings is 1. The monoisotopic (exact) mass is 354 g/mol. The van der Waals surface area contributed by atoms with Crippen molar-refractivity contribution in [2.24, 2.45) is 5.92 Å². The third-order valence-corrected chi connectivity index (χ3v) is 6.20. The van der Waals surface area contributed by atoms with Crippen LogP contribution in [-0.2, 0) is 13.1 Å². The van der Waals surface area contributed by atoms with E-state index in [1.807, 2.05) is 22.1 Å². The quantitative estimate of drug-likeness (QED) is 0.761. The van der Waals surface area contributed by atoms with Gasteiger partial charge in [0.1, 0.15) is 10.5 Å². The fourth-order valence-electron chi connectivity index (χ4n) is 4.33. The molecule has 6 nitrogen and oxygen atoms in total. The van der Waals surface area contributed by atoms with Gasteiger partial charge >= 0.3 is 0 Å². The summed E-state index contributed by atoms with van der Waals surface area (Å²) in [5.74, 6) is 1.57. The van der Waals surface area contributed by atoms with Crippen LogP contribution in [0.3, 0.4) is 0 Å². The first-order valence-corrected chi connectivity index (χ1v) is 9.44. The normalized spacial score (nSPS) is 22.9. The van der Waals surface area contributed by atoms with Crippen LogP contribution in [0.4, 0.5) is 0 Å². The van der Waals surface area contributed by atoms with Crippen LogP contribution in [0.5, 0.6) is 0 Å². The molecule has 128 valence electrons. The number of fused-ring (bicyclic) bond motifs is 5. The second-order valence-corrected chi connectivity index (χ2v) is 7.96. The number of hydrogen-bond donors (Lipinski definition) is 1. The highest BCUT2D eigenvalue weighted by atomic mass is 32.1. The Morgan fingerprint density at radius 1 is 1.20 bits per heavy atom. The predicted molar refractivity (Wildman–Crippen MR) is 97.1 cm³/mol. The molecule has 5 rings (SSSR count). The summed E-state index contributed by atoms with van der Waals surface area (Å²) in [6.07, 6.45) is 1.13. The number of likely N-dealkylation sites (tertiary alicyclic amines) is 1. The highest BCUT2D eigenvalue weighted by molar-refractivity contribution is 7.17. The van der Waals surface area contributed by atoms with Gasteiger partial charge in [-0.3, -0.25) is 14.5 Å². The first kappa shape index (κ1) is 15.0. The van der Waals surface area contributed by atoms with Crippen molar-refractivity contribution in [3.63, 3.8) is 0 Å². The van der Waals surface area contributed by atoms with Gasteiger partial charge in [-0.15, -0.1) is 11.3 Å². The van der Waals surface area contributed by atoms with Crippen molar-refractivity contribution in [3.8, 4) is 0 Å². The minimum absolute atomic E-state index is 0.0518. The van der Waals surface area contributed by atoms with Crippen molar-refractivity contribution < 1.29 is 0 Å². The number of H-pyrrole nitrogens is 1. The molecule has 1 saturated heterocycles. The number of aromatic nitrogens is 3. The highest BCUT2D eigenvalue weighted by Gasteiger charge is 2.34. The van der Waals surface area contributed by atoms with Gasteiger partial charge < -0.3 is 9.55 Å². The molecule has 7 heteroatoms. The van der Waals surface area contributed by atoms with Gasteiger partial charge in [-0.25, -0.2) is 4.98 Å². The van der Waals surface area contributed by atoms with Crippen molar-refractivity contribution in [1.29, 1.82) is 0 Å². The van der Waals surface area contributed by atoms with Gasteiger partial charge in [-0.05, 0) is 29.9 Å². The van der Waals surface area contributed by atoms with E-state index in [0.29, 0.717) is 23.1 Å². The lowest BCUT2D eigenvalue weighted by Gasteiger charge is -2.42. The lowest BCUT2D eigenvalue weighted by atomic mass is 9.83. The molecule has 2 atom stereocenters. The van der Waals surface area contributed by atoms with E-state index in [0.717, 1.165) is 43.1 Å². The Bertz CT molecular complexity index is 1070. The average molecular weight is 354 g/mol. The summed E-state index contributed by atoms with van der Waals surface area (Å²) in [4.78, 5) is 34.1. The minimum Gasteiger partial charge on any atom is -0.312 e. The Kier molecular flexibility index (Phi) is 3.39. The summed E-state index contributed by atoms with van der Waals surface area (Å²) < 4.78 is 2.63. The van der Waals surface area contributed by atoms with E-state index >= 15 is 0 Å². The summed E-state index contributed by atoms with van der Waals surface area (Å²) in [7, 11) is 0. The van der Waals surface area contributed by atoms with Crippen molar-refractivity contribution in [2.75, 3.05) is 13.1 Å².